The summed E-state index contributed by atoms with van der Waals surface area (Å²) >= 11 is 0. The van der Waals surface area contributed by atoms with E-state index in [1.165, 1.54) is 39.3 Å². The number of pyridine rings is 1. The minimum absolute atomic E-state index is 0.208. The zero-order valence-electron chi connectivity index (χ0n) is 19.1. The molecular formula is C31H26N3+. The maximum absolute atomic E-state index is 2.46. The zero-order chi connectivity index (χ0) is 22.6. The van der Waals surface area contributed by atoms with Gasteiger partial charge in [-0.15, -0.1) is 0 Å². The summed E-state index contributed by atoms with van der Waals surface area (Å²) < 4.78 is 2.46. The predicted molar refractivity (Wildman–Crippen MR) is 138 cm³/mol. The summed E-state index contributed by atoms with van der Waals surface area (Å²) in [6, 6.07) is 35.2. The standard InChI is InChI=1S/C31H26N3/c1-22-32(24-12-3-2-4-13-24)19-20-33(22)28-16-8-5-11-23(28)21-27-30-26-15-7-6-14-25(26)29-17-9-10-18-34(29)31(27)30/h2-22,30-31H,1H3/q+1/b27-21+. The van der Waals surface area contributed by atoms with Crippen molar-refractivity contribution in [3.05, 3.63) is 132 Å². The van der Waals surface area contributed by atoms with Crippen LogP contribution in [-0.4, -0.2) is 6.17 Å². The van der Waals surface area contributed by atoms with Crippen LogP contribution in [0.4, 0.5) is 11.4 Å². The Hall–Kier alpha value is -4.11. The third-order valence-electron chi connectivity index (χ3n) is 7.45. The van der Waals surface area contributed by atoms with Gasteiger partial charge in [-0.3, -0.25) is 0 Å². The van der Waals surface area contributed by atoms with E-state index in [0.717, 1.165) is 0 Å². The van der Waals surface area contributed by atoms with E-state index < -0.39 is 0 Å². The number of para-hydroxylation sites is 2. The third-order valence-corrected chi connectivity index (χ3v) is 7.45. The maximum atomic E-state index is 2.46. The summed E-state index contributed by atoms with van der Waals surface area (Å²) in [6.45, 7) is 2.26. The first-order chi connectivity index (χ1) is 16.8. The molecule has 1 aliphatic carbocycles. The first-order valence-electron chi connectivity index (χ1n) is 12.0. The molecule has 0 spiro atoms. The van der Waals surface area contributed by atoms with E-state index in [1.807, 2.05) is 0 Å². The van der Waals surface area contributed by atoms with Gasteiger partial charge in [0, 0.05) is 41.5 Å². The van der Waals surface area contributed by atoms with Crippen LogP contribution in [0.5, 0.6) is 0 Å². The molecule has 0 bridgehead atoms. The fourth-order valence-electron chi connectivity index (χ4n) is 5.78. The van der Waals surface area contributed by atoms with E-state index in [1.54, 1.807) is 0 Å². The summed E-state index contributed by atoms with van der Waals surface area (Å²) in [5, 5.41) is 0. The average molecular weight is 441 g/mol. The van der Waals surface area contributed by atoms with Crippen LogP contribution in [0.2, 0.25) is 0 Å². The van der Waals surface area contributed by atoms with E-state index >= 15 is 0 Å². The van der Waals surface area contributed by atoms with Crippen molar-refractivity contribution >= 4 is 17.5 Å². The number of benzene rings is 3. The monoisotopic (exact) mass is 440 g/mol. The van der Waals surface area contributed by atoms with Gasteiger partial charge in [0.05, 0.1) is 11.5 Å². The molecule has 3 nitrogen and oxygen atoms in total. The van der Waals surface area contributed by atoms with Crippen molar-refractivity contribution in [3.8, 4) is 11.3 Å². The average Bonchev–Trinajstić information content (AvgIpc) is 3.49. The molecule has 3 unspecified atom stereocenters. The highest BCUT2D eigenvalue weighted by molar-refractivity contribution is 5.78. The lowest BCUT2D eigenvalue weighted by molar-refractivity contribution is -0.688. The zero-order valence-corrected chi connectivity index (χ0v) is 19.1. The van der Waals surface area contributed by atoms with Crippen LogP contribution in [0.15, 0.2) is 121 Å². The van der Waals surface area contributed by atoms with Crippen LogP contribution in [0.25, 0.3) is 17.3 Å². The molecule has 2 aliphatic heterocycles. The second-order valence-electron chi connectivity index (χ2n) is 9.29. The van der Waals surface area contributed by atoms with Gasteiger partial charge in [-0.25, -0.2) is 0 Å². The topological polar surface area (TPSA) is 10.4 Å². The van der Waals surface area contributed by atoms with Gasteiger partial charge in [-0.1, -0.05) is 54.6 Å². The van der Waals surface area contributed by atoms with Crippen molar-refractivity contribution in [1.29, 1.82) is 0 Å². The number of hydrogen-bond acceptors (Lipinski definition) is 2. The van der Waals surface area contributed by atoms with Crippen molar-refractivity contribution in [2.75, 3.05) is 9.80 Å². The lowest BCUT2D eigenvalue weighted by Crippen LogP contribution is -2.37. The summed E-state index contributed by atoms with van der Waals surface area (Å²) in [5.41, 5.74) is 9.34. The molecule has 0 amide bonds. The normalized spacial score (nSPS) is 23.0. The SMILES string of the molecule is CC1N(c2ccccc2)C=CN1c1ccccc1/C=C1\C2c3ccccc3-c3cccc[n+]3C12. The van der Waals surface area contributed by atoms with Crippen LogP contribution in [-0.2, 0) is 0 Å². The number of allylic oxidation sites excluding steroid dienone is 1. The fraction of sp³-hybridized carbons (Fsp3) is 0.129. The molecule has 0 saturated heterocycles. The number of aromatic nitrogens is 1. The largest absolute Gasteiger partial charge is 0.326 e. The molecule has 0 N–H and O–H groups in total. The minimum atomic E-state index is 0.208. The van der Waals surface area contributed by atoms with E-state index in [4.69, 9.17) is 0 Å². The van der Waals surface area contributed by atoms with E-state index in [-0.39, 0.29) is 6.17 Å². The van der Waals surface area contributed by atoms with Crippen LogP contribution in [0, 0.1) is 0 Å². The Morgan fingerprint density at radius 1 is 0.735 bits per heavy atom. The van der Waals surface area contributed by atoms with Crippen molar-refractivity contribution in [1.82, 2.24) is 0 Å². The highest BCUT2D eigenvalue weighted by Crippen LogP contribution is 2.59. The first-order valence-corrected chi connectivity index (χ1v) is 12.0. The molecule has 3 aromatic carbocycles. The van der Waals surface area contributed by atoms with Gasteiger partial charge in [0.2, 0.25) is 5.69 Å². The van der Waals surface area contributed by atoms with Crippen molar-refractivity contribution in [2.24, 2.45) is 0 Å². The Morgan fingerprint density at radius 3 is 2.38 bits per heavy atom. The summed E-state index contributed by atoms with van der Waals surface area (Å²) in [4.78, 5) is 4.70. The van der Waals surface area contributed by atoms with Gasteiger partial charge in [0.15, 0.2) is 12.2 Å². The van der Waals surface area contributed by atoms with Crippen molar-refractivity contribution < 1.29 is 4.57 Å². The predicted octanol–water partition coefficient (Wildman–Crippen LogP) is 6.52. The molecule has 1 saturated carbocycles. The number of rotatable bonds is 3. The van der Waals surface area contributed by atoms with Gasteiger partial charge >= 0.3 is 0 Å². The molecule has 1 fully saturated rings. The second kappa shape index (κ2) is 7.46. The summed E-state index contributed by atoms with van der Waals surface area (Å²) in [7, 11) is 0. The summed E-state index contributed by atoms with van der Waals surface area (Å²) in [6.07, 6.45) is 9.26. The van der Waals surface area contributed by atoms with Gasteiger partial charge in [-0.2, -0.15) is 4.57 Å². The van der Waals surface area contributed by atoms with Crippen LogP contribution in [0.1, 0.15) is 30.0 Å². The molecule has 3 aliphatic rings. The van der Waals surface area contributed by atoms with Crippen LogP contribution in [0.3, 0.4) is 0 Å². The molecule has 3 atom stereocenters. The van der Waals surface area contributed by atoms with E-state index in [9.17, 15) is 0 Å². The first kappa shape index (κ1) is 19.4. The van der Waals surface area contributed by atoms with E-state index in [0.29, 0.717) is 12.0 Å². The molecular weight excluding hydrogens is 414 g/mol. The third kappa shape index (κ3) is 2.87. The lowest BCUT2D eigenvalue weighted by Gasteiger charge is -2.30. The Balaban J connectivity index is 1.27. The number of hydrogen-bond donors (Lipinski definition) is 0. The Labute approximate surface area is 200 Å². The van der Waals surface area contributed by atoms with Crippen molar-refractivity contribution in [3.63, 3.8) is 0 Å². The van der Waals surface area contributed by atoms with Gasteiger partial charge in [0.25, 0.3) is 0 Å². The van der Waals surface area contributed by atoms with Gasteiger partial charge in [-0.05, 0) is 54.5 Å². The number of anilines is 2. The lowest BCUT2D eigenvalue weighted by atomic mass is 9.96. The van der Waals surface area contributed by atoms with Gasteiger partial charge in [0.1, 0.15) is 6.17 Å². The molecule has 4 aromatic rings. The second-order valence-corrected chi connectivity index (χ2v) is 9.29. The Morgan fingerprint density at radius 2 is 1.47 bits per heavy atom. The molecule has 1 aromatic heterocycles. The minimum Gasteiger partial charge on any atom is -0.326 e. The molecule has 3 heterocycles. The van der Waals surface area contributed by atoms with Gasteiger partial charge < -0.3 is 9.80 Å². The van der Waals surface area contributed by atoms with Crippen LogP contribution >= 0.6 is 0 Å². The highest BCUT2D eigenvalue weighted by Gasteiger charge is 2.57. The number of nitrogens with zero attached hydrogens (tertiary/aromatic N) is 3. The van der Waals surface area contributed by atoms with Crippen molar-refractivity contribution in [2.45, 2.75) is 25.0 Å². The maximum Gasteiger partial charge on any atom is 0.213 e. The molecule has 164 valence electrons. The number of fused-ring (bicyclic) bond motifs is 6. The van der Waals surface area contributed by atoms with Crippen LogP contribution < -0.4 is 14.4 Å². The molecule has 3 heteroatoms. The molecule has 0 radical (unpaired) electrons. The fourth-order valence-corrected chi connectivity index (χ4v) is 5.78. The highest BCUT2D eigenvalue weighted by atomic mass is 15.4. The Kier molecular flexibility index (Phi) is 4.25. The molecule has 7 rings (SSSR count). The molecule has 34 heavy (non-hydrogen) atoms. The smallest absolute Gasteiger partial charge is 0.213 e. The Bertz CT molecular complexity index is 1400. The van der Waals surface area contributed by atoms with E-state index in [2.05, 4.69) is 143 Å². The quantitative estimate of drug-likeness (QED) is 0.336. The summed E-state index contributed by atoms with van der Waals surface area (Å²) in [5.74, 6) is 0.455.